The SMILES string of the molecule is COc1ccc(CO[C@H]2C[C@H](O[Si](C)(C)C(C)(C)C)C(=O)c3c2cc2cc(C)c4c(c2c3O)O[C@]2(O)[C@H]3O[C@](C(OC)OC)(O[C@@H]43)C23CO3)cc1. The Morgan fingerprint density at radius 1 is 1.04 bits per heavy atom. The van der Waals surface area contributed by atoms with Crippen LogP contribution in [0, 0.1) is 6.92 Å². The summed E-state index contributed by atoms with van der Waals surface area (Å²) < 4.78 is 55.2. The molecule has 13 heteroatoms. The molecular weight excluding hydrogens is 676 g/mol. The topological polar surface area (TPSA) is 144 Å². The highest BCUT2D eigenvalue weighted by Crippen LogP contribution is 2.71. The summed E-state index contributed by atoms with van der Waals surface area (Å²) in [6.45, 7) is 12.8. The lowest BCUT2D eigenvalue weighted by atomic mass is 9.78. The summed E-state index contributed by atoms with van der Waals surface area (Å²) in [5.41, 5.74) is 1.52. The molecule has 2 bridgehead atoms. The van der Waals surface area contributed by atoms with Crippen LogP contribution in [-0.2, 0) is 39.5 Å². The molecule has 1 unspecified atom stereocenters. The molecule has 7 atom stereocenters. The lowest BCUT2D eigenvalue weighted by molar-refractivity contribution is -0.344. The van der Waals surface area contributed by atoms with Crippen LogP contribution in [-0.4, -0.2) is 87.9 Å². The van der Waals surface area contributed by atoms with Crippen molar-refractivity contribution in [3.05, 3.63) is 64.2 Å². The highest BCUT2D eigenvalue weighted by molar-refractivity contribution is 6.74. The van der Waals surface area contributed by atoms with Crippen LogP contribution in [0.2, 0.25) is 18.1 Å². The normalized spacial score (nSPS) is 32.0. The van der Waals surface area contributed by atoms with Gasteiger partial charge >= 0.3 is 0 Å². The first-order valence-electron chi connectivity index (χ1n) is 17.3. The van der Waals surface area contributed by atoms with Gasteiger partial charge in [0, 0.05) is 26.2 Å². The number of hydrogen-bond acceptors (Lipinski definition) is 12. The van der Waals surface area contributed by atoms with Crippen molar-refractivity contribution in [2.24, 2.45) is 0 Å². The third-order valence-corrected chi connectivity index (χ3v) is 16.4. The number of aromatic hydroxyl groups is 1. The predicted molar refractivity (Wildman–Crippen MR) is 185 cm³/mol. The number of hydrogen-bond donors (Lipinski definition) is 2. The van der Waals surface area contributed by atoms with Crippen molar-refractivity contribution in [3.8, 4) is 17.2 Å². The molecule has 3 saturated heterocycles. The van der Waals surface area contributed by atoms with E-state index < -0.39 is 56.2 Å². The quantitative estimate of drug-likeness (QED) is 0.158. The van der Waals surface area contributed by atoms with Crippen LogP contribution in [0.3, 0.4) is 0 Å². The minimum absolute atomic E-state index is 0.0641. The number of benzene rings is 3. The maximum atomic E-state index is 14.5. The van der Waals surface area contributed by atoms with Crippen molar-refractivity contribution >= 4 is 24.9 Å². The first-order chi connectivity index (χ1) is 24.1. The number of aryl methyl sites for hydroxylation is 1. The van der Waals surface area contributed by atoms with E-state index in [9.17, 15) is 15.0 Å². The van der Waals surface area contributed by atoms with Crippen LogP contribution in [0.1, 0.15) is 72.0 Å². The Balaban J connectivity index is 1.26. The molecule has 0 amide bonds. The summed E-state index contributed by atoms with van der Waals surface area (Å²) >= 11 is 0. The Labute approximate surface area is 297 Å². The summed E-state index contributed by atoms with van der Waals surface area (Å²) in [5, 5.41) is 25.3. The highest BCUT2D eigenvalue weighted by atomic mass is 28.4. The lowest BCUT2D eigenvalue weighted by Crippen LogP contribution is -2.69. The van der Waals surface area contributed by atoms with E-state index in [4.69, 9.17) is 42.3 Å². The molecule has 3 aromatic rings. The zero-order valence-corrected chi connectivity index (χ0v) is 31.4. The second-order valence-electron chi connectivity index (χ2n) is 15.8. The monoisotopic (exact) mass is 722 g/mol. The van der Waals surface area contributed by atoms with E-state index in [-0.39, 0.29) is 52.9 Å². The average molecular weight is 723 g/mol. The molecule has 12 nitrogen and oxygen atoms in total. The molecule has 0 aromatic heterocycles. The number of Topliss-reactive ketones (excluding diaryl/α,β-unsaturated/α-hetero) is 1. The Morgan fingerprint density at radius 2 is 1.73 bits per heavy atom. The molecule has 1 aliphatic carbocycles. The van der Waals surface area contributed by atoms with E-state index in [0.29, 0.717) is 16.5 Å². The number of ketones is 1. The van der Waals surface area contributed by atoms with Gasteiger partial charge in [-0.15, -0.1) is 0 Å². The van der Waals surface area contributed by atoms with Gasteiger partial charge in [0.15, 0.2) is 20.2 Å². The smallest absolute Gasteiger partial charge is 0.274 e. The Hall–Kier alpha value is -3.11. The third-order valence-electron chi connectivity index (χ3n) is 11.9. The number of aliphatic hydroxyl groups is 1. The first-order valence-corrected chi connectivity index (χ1v) is 20.2. The first kappa shape index (κ1) is 34.9. The number of ether oxygens (including phenoxy) is 8. The van der Waals surface area contributed by atoms with Crippen molar-refractivity contribution in [1.82, 2.24) is 0 Å². The van der Waals surface area contributed by atoms with Gasteiger partial charge in [0.05, 0.1) is 37.4 Å². The van der Waals surface area contributed by atoms with Crippen molar-refractivity contribution in [1.29, 1.82) is 0 Å². The minimum Gasteiger partial charge on any atom is -0.506 e. The number of rotatable bonds is 9. The van der Waals surface area contributed by atoms with Crippen molar-refractivity contribution < 1.29 is 57.3 Å². The Morgan fingerprint density at radius 3 is 2.33 bits per heavy atom. The van der Waals surface area contributed by atoms with Gasteiger partial charge in [-0.25, -0.2) is 0 Å². The van der Waals surface area contributed by atoms with E-state index in [0.717, 1.165) is 16.9 Å². The lowest BCUT2D eigenvalue weighted by Gasteiger charge is -2.47. The molecule has 51 heavy (non-hydrogen) atoms. The molecule has 0 radical (unpaired) electrons. The van der Waals surface area contributed by atoms with Crippen molar-refractivity contribution in [3.63, 3.8) is 0 Å². The summed E-state index contributed by atoms with van der Waals surface area (Å²) in [6.07, 6.45) is -3.95. The Kier molecular flexibility index (Phi) is 7.84. The van der Waals surface area contributed by atoms with E-state index in [1.807, 2.05) is 43.3 Å². The molecule has 4 heterocycles. The van der Waals surface area contributed by atoms with Crippen LogP contribution in [0.15, 0.2) is 36.4 Å². The van der Waals surface area contributed by atoms with Gasteiger partial charge in [0.2, 0.25) is 11.9 Å². The zero-order valence-electron chi connectivity index (χ0n) is 30.4. The van der Waals surface area contributed by atoms with E-state index in [2.05, 4.69) is 33.9 Å². The van der Waals surface area contributed by atoms with Crippen LogP contribution in [0.4, 0.5) is 0 Å². The second-order valence-corrected chi connectivity index (χ2v) is 20.6. The molecular formula is C38H46O12Si. The molecule has 2 N–H and O–H groups in total. The molecule has 4 aliphatic heterocycles. The fraction of sp³-hybridized carbons (Fsp3) is 0.553. The molecule has 274 valence electrons. The maximum absolute atomic E-state index is 14.5. The zero-order chi connectivity index (χ0) is 36.5. The molecule has 3 fully saturated rings. The number of phenols is 1. The summed E-state index contributed by atoms with van der Waals surface area (Å²) in [4.78, 5) is 14.5. The van der Waals surface area contributed by atoms with E-state index >= 15 is 0 Å². The number of epoxide rings is 1. The van der Waals surface area contributed by atoms with Crippen molar-refractivity contribution in [2.45, 2.75) is 107 Å². The number of carbonyl (C=O) groups excluding carboxylic acids is 1. The fourth-order valence-corrected chi connectivity index (χ4v) is 9.41. The van der Waals surface area contributed by atoms with Crippen LogP contribution < -0.4 is 9.47 Å². The van der Waals surface area contributed by atoms with Gasteiger partial charge in [-0.2, -0.15) is 0 Å². The molecule has 8 rings (SSSR count). The summed E-state index contributed by atoms with van der Waals surface area (Å²) in [7, 11) is 2.09. The molecule has 3 aromatic carbocycles. The van der Waals surface area contributed by atoms with E-state index in [1.54, 1.807) is 7.11 Å². The largest absolute Gasteiger partial charge is 0.506 e. The molecule has 1 spiro atoms. The fourth-order valence-electron chi connectivity index (χ4n) is 8.14. The second kappa shape index (κ2) is 11.4. The van der Waals surface area contributed by atoms with Gasteiger partial charge in [-0.05, 0) is 65.3 Å². The number of phenolic OH excluding ortho intramolecular Hbond substituents is 1. The van der Waals surface area contributed by atoms with Gasteiger partial charge in [-0.3, -0.25) is 4.79 Å². The van der Waals surface area contributed by atoms with Crippen LogP contribution >= 0.6 is 0 Å². The number of methoxy groups -OCH3 is 3. The van der Waals surface area contributed by atoms with Crippen molar-refractivity contribution in [2.75, 3.05) is 27.9 Å². The molecule has 0 saturated carbocycles. The van der Waals surface area contributed by atoms with Crippen LogP contribution in [0.5, 0.6) is 17.2 Å². The van der Waals surface area contributed by atoms with Gasteiger partial charge in [-0.1, -0.05) is 39.0 Å². The summed E-state index contributed by atoms with van der Waals surface area (Å²) in [6, 6.07) is 11.4. The highest BCUT2D eigenvalue weighted by Gasteiger charge is 2.92. The van der Waals surface area contributed by atoms with Crippen LogP contribution in [0.25, 0.3) is 10.8 Å². The average Bonchev–Trinajstić information content (AvgIpc) is 3.76. The molecule has 5 aliphatic rings. The van der Waals surface area contributed by atoms with Gasteiger partial charge < -0.3 is 52.5 Å². The predicted octanol–water partition coefficient (Wildman–Crippen LogP) is 5.73. The van der Waals surface area contributed by atoms with Gasteiger partial charge in [0.1, 0.15) is 29.5 Å². The standard InChI is InChI=1S/C38H46O12Si/c1-19-14-21-15-23-24(45-17-20-10-12-22(42-5)13-11-20)16-25(50-51(8,9)35(2,3)4)29(39)28(23)30(40)27(21)31-26(19)32-33-37(41,47-31)36(18-46-36)38(48-32,49-33)34(43-6)44-7/h10-15,24-25,32-34,40-41H,16-18H2,1-9H3/t24-,25-,32-,33-,36?,37+,38-/m0/s1. The number of fused-ring (bicyclic) bond motifs is 8. The van der Waals surface area contributed by atoms with Gasteiger partial charge in [0.25, 0.3) is 11.6 Å². The maximum Gasteiger partial charge on any atom is 0.274 e. The van der Waals surface area contributed by atoms with E-state index in [1.165, 1.54) is 14.2 Å². The summed E-state index contributed by atoms with van der Waals surface area (Å²) in [5.74, 6) is -3.27. The number of carbonyl (C=O) groups is 1. The minimum atomic E-state index is -2.44. The third kappa shape index (κ3) is 4.69. The Bertz CT molecular complexity index is 1910.